The van der Waals surface area contributed by atoms with Crippen LogP contribution in [0.4, 0.5) is 11.5 Å². The highest BCUT2D eigenvalue weighted by molar-refractivity contribution is 5.57. The molecule has 0 radical (unpaired) electrons. The molecular formula is C11H11N3O4. The van der Waals surface area contributed by atoms with Crippen LogP contribution < -0.4 is 10.1 Å². The average molecular weight is 249 g/mol. The molecule has 0 saturated heterocycles. The van der Waals surface area contributed by atoms with Crippen molar-refractivity contribution in [1.82, 2.24) is 4.98 Å². The molecule has 0 atom stereocenters. The first kappa shape index (κ1) is 11.9. The summed E-state index contributed by atoms with van der Waals surface area (Å²) in [4.78, 5) is 14.4. The monoisotopic (exact) mass is 249 g/mol. The molecule has 94 valence electrons. The molecule has 0 bridgehead atoms. The zero-order chi connectivity index (χ0) is 13.0. The van der Waals surface area contributed by atoms with Gasteiger partial charge in [-0.25, -0.2) is 0 Å². The fourth-order valence-corrected chi connectivity index (χ4v) is 1.40. The summed E-state index contributed by atoms with van der Waals surface area (Å²) in [5.74, 6) is 0.482. The van der Waals surface area contributed by atoms with Gasteiger partial charge in [0.2, 0.25) is 11.7 Å². The Bertz CT molecular complexity index is 539. The molecule has 2 heterocycles. The topological polar surface area (TPSA) is 90.4 Å². The number of hydrogen-bond acceptors (Lipinski definition) is 6. The van der Waals surface area contributed by atoms with Gasteiger partial charge in [0, 0.05) is 24.2 Å². The van der Waals surface area contributed by atoms with Gasteiger partial charge in [0.25, 0.3) is 0 Å². The Hall–Kier alpha value is -2.57. The van der Waals surface area contributed by atoms with Crippen molar-refractivity contribution in [2.24, 2.45) is 0 Å². The molecule has 0 aliphatic carbocycles. The normalized spacial score (nSPS) is 10.1. The van der Waals surface area contributed by atoms with Crippen molar-refractivity contribution in [2.75, 3.05) is 12.4 Å². The van der Waals surface area contributed by atoms with Crippen LogP contribution in [0.5, 0.6) is 5.88 Å². The Balaban J connectivity index is 2.20. The number of anilines is 1. The summed E-state index contributed by atoms with van der Waals surface area (Å²) in [7, 11) is 1.45. The maximum atomic E-state index is 10.8. The van der Waals surface area contributed by atoms with Crippen molar-refractivity contribution >= 4 is 11.5 Å². The van der Waals surface area contributed by atoms with E-state index in [1.54, 1.807) is 12.3 Å². The predicted molar refractivity (Wildman–Crippen MR) is 63.5 cm³/mol. The molecule has 2 rings (SSSR count). The molecule has 0 aromatic carbocycles. The number of hydrogen-bond donors (Lipinski definition) is 1. The Morgan fingerprint density at radius 1 is 1.50 bits per heavy atom. The lowest BCUT2D eigenvalue weighted by Crippen LogP contribution is -2.05. The number of pyridine rings is 1. The van der Waals surface area contributed by atoms with Gasteiger partial charge in [-0.2, -0.15) is 4.98 Å². The largest absolute Gasteiger partial charge is 0.481 e. The van der Waals surface area contributed by atoms with E-state index >= 15 is 0 Å². The van der Waals surface area contributed by atoms with Gasteiger partial charge in [-0.05, 0) is 6.07 Å². The summed E-state index contributed by atoms with van der Waals surface area (Å²) < 4.78 is 9.84. The standard InChI is InChI=1S/C11H11N3O4/c1-17-10-3-2-9(14(15)16)11(13-10)12-6-8-4-5-18-7-8/h2-5,7H,6H2,1H3,(H,12,13). The van der Waals surface area contributed by atoms with Crippen molar-refractivity contribution in [3.8, 4) is 5.88 Å². The Morgan fingerprint density at radius 3 is 2.94 bits per heavy atom. The van der Waals surface area contributed by atoms with E-state index in [0.717, 1.165) is 5.56 Å². The highest BCUT2D eigenvalue weighted by atomic mass is 16.6. The van der Waals surface area contributed by atoms with E-state index in [9.17, 15) is 10.1 Å². The van der Waals surface area contributed by atoms with Gasteiger partial charge in [0.1, 0.15) is 0 Å². The summed E-state index contributed by atoms with van der Waals surface area (Å²) in [6, 6.07) is 4.56. The van der Waals surface area contributed by atoms with E-state index in [1.165, 1.54) is 25.5 Å². The summed E-state index contributed by atoms with van der Waals surface area (Å²) in [5, 5.41) is 13.7. The Morgan fingerprint density at radius 2 is 2.33 bits per heavy atom. The summed E-state index contributed by atoms with van der Waals surface area (Å²) in [6.45, 7) is 0.386. The average Bonchev–Trinajstić information content (AvgIpc) is 2.88. The van der Waals surface area contributed by atoms with Gasteiger partial charge in [0.05, 0.1) is 24.6 Å². The highest BCUT2D eigenvalue weighted by Gasteiger charge is 2.16. The third-order valence-electron chi connectivity index (χ3n) is 2.29. The highest BCUT2D eigenvalue weighted by Crippen LogP contribution is 2.25. The van der Waals surface area contributed by atoms with E-state index in [0.29, 0.717) is 12.4 Å². The SMILES string of the molecule is COc1ccc([N+](=O)[O-])c(NCc2ccoc2)n1. The number of nitrogens with one attached hydrogen (secondary N) is 1. The lowest BCUT2D eigenvalue weighted by atomic mass is 10.3. The van der Waals surface area contributed by atoms with E-state index in [2.05, 4.69) is 10.3 Å². The van der Waals surface area contributed by atoms with E-state index in [-0.39, 0.29) is 11.5 Å². The molecule has 0 aliphatic heterocycles. The summed E-state index contributed by atoms with van der Waals surface area (Å²) in [5.41, 5.74) is 0.771. The molecule has 1 N–H and O–H groups in total. The molecular weight excluding hydrogens is 238 g/mol. The number of ether oxygens (including phenoxy) is 1. The van der Waals surface area contributed by atoms with Crippen LogP contribution in [0.2, 0.25) is 0 Å². The molecule has 0 spiro atoms. The first-order chi connectivity index (χ1) is 8.70. The first-order valence-electron chi connectivity index (χ1n) is 5.15. The number of methoxy groups -OCH3 is 1. The molecule has 7 heteroatoms. The molecule has 0 amide bonds. The fourth-order valence-electron chi connectivity index (χ4n) is 1.40. The molecule has 2 aromatic heterocycles. The number of aromatic nitrogens is 1. The van der Waals surface area contributed by atoms with Gasteiger partial charge < -0.3 is 14.5 Å². The van der Waals surface area contributed by atoms with Gasteiger partial charge in [-0.15, -0.1) is 0 Å². The third kappa shape index (κ3) is 2.57. The van der Waals surface area contributed by atoms with Crippen molar-refractivity contribution in [1.29, 1.82) is 0 Å². The van der Waals surface area contributed by atoms with Crippen LogP contribution in [-0.4, -0.2) is 17.0 Å². The zero-order valence-corrected chi connectivity index (χ0v) is 9.62. The van der Waals surface area contributed by atoms with E-state index in [4.69, 9.17) is 9.15 Å². The van der Waals surface area contributed by atoms with Gasteiger partial charge in [-0.3, -0.25) is 10.1 Å². The molecule has 7 nitrogen and oxygen atoms in total. The van der Waals surface area contributed by atoms with E-state index < -0.39 is 4.92 Å². The van der Waals surface area contributed by atoms with Gasteiger partial charge in [-0.1, -0.05) is 0 Å². The lowest BCUT2D eigenvalue weighted by Gasteiger charge is -2.06. The van der Waals surface area contributed by atoms with Gasteiger partial charge in [0.15, 0.2) is 0 Å². The molecule has 18 heavy (non-hydrogen) atoms. The number of nitrogens with zero attached hydrogens (tertiary/aromatic N) is 2. The molecule has 0 unspecified atom stereocenters. The third-order valence-corrected chi connectivity index (χ3v) is 2.29. The lowest BCUT2D eigenvalue weighted by molar-refractivity contribution is -0.384. The number of nitro groups is 1. The maximum Gasteiger partial charge on any atom is 0.311 e. The van der Waals surface area contributed by atoms with Crippen molar-refractivity contribution in [2.45, 2.75) is 6.54 Å². The first-order valence-corrected chi connectivity index (χ1v) is 5.15. The minimum absolute atomic E-state index is 0.0979. The summed E-state index contributed by atoms with van der Waals surface area (Å²) >= 11 is 0. The Labute approximate surface area is 103 Å². The van der Waals surface area contributed by atoms with Crippen molar-refractivity contribution < 1.29 is 14.1 Å². The zero-order valence-electron chi connectivity index (χ0n) is 9.62. The van der Waals surface area contributed by atoms with Crippen LogP contribution in [0.15, 0.2) is 35.1 Å². The number of furan rings is 1. The van der Waals surface area contributed by atoms with Crippen LogP contribution in [-0.2, 0) is 6.54 Å². The van der Waals surface area contributed by atoms with Gasteiger partial charge >= 0.3 is 5.69 Å². The smallest absolute Gasteiger partial charge is 0.311 e. The number of rotatable bonds is 5. The predicted octanol–water partition coefficient (Wildman–Crippen LogP) is 2.20. The molecule has 2 aromatic rings. The second-order valence-corrected chi connectivity index (χ2v) is 3.46. The van der Waals surface area contributed by atoms with Crippen LogP contribution in [0, 0.1) is 10.1 Å². The second-order valence-electron chi connectivity index (χ2n) is 3.46. The second kappa shape index (κ2) is 5.17. The maximum absolute atomic E-state index is 10.8. The molecule has 0 saturated carbocycles. The van der Waals surface area contributed by atoms with E-state index in [1.807, 2.05) is 0 Å². The summed E-state index contributed by atoms with van der Waals surface area (Å²) in [6.07, 6.45) is 3.09. The van der Waals surface area contributed by atoms with Crippen molar-refractivity contribution in [3.05, 3.63) is 46.4 Å². The minimum atomic E-state index is -0.496. The van der Waals surface area contributed by atoms with Crippen LogP contribution in [0.1, 0.15) is 5.56 Å². The van der Waals surface area contributed by atoms with Crippen LogP contribution in [0.3, 0.4) is 0 Å². The fraction of sp³-hybridized carbons (Fsp3) is 0.182. The Kier molecular flexibility index (Phi) is 3.42. The molecule has 0 fully saturated rings. The van der Waals surface area contributed by atoms with Crippen LogP contribution in [0.25, 0.3) is 0 Å². The van der Waals surface area contributed by atoms with Crippen LogP contribution >= 0.6 is 0 Å². The minimum Gasteiger partial charge on any atom is -0.481 e. The quantitative estimate of drug-likeness (QED) is 0.645. The molecule has 0 aliphatic rings. The van der Waals surface area contributed by atoms with Crippen molar-refractivity contribution in [3.63, 3.8) is 0 Å².